The third kappa shape index (κ3) is 3.77. The van der Waals surface area contributed by atoms with E-state index in [9.17, 15) is 6.85 Å². The summed E-state index contributed by atoms with van der Waals surface area (Å²) in [7, 11) is 0. The topological polar surface area (TPSA) is 17.0 Å². The molecule has 200 valence electrons. The summed E-state index contributed by atoms with van der Waals surface area (Å²) >= 11 is 0. The van der Waals surface area contributed by atoms with Crippen molar-refractivity contribution in [2.24, 2.45) is 0 Å². The van der Waals surface area contributed by atoms with Gasteiger partial charge >= 0.3 is 0 Å². The van der Waals surface area contributed by atoms with Crippen molar-refractivity contribution in [1.82, 2.24) is 0 Å². The molecule has 0 amide bonds. The van der Waals surface area contributed by atoms with Crippen LogP contribution in [0.2, 0.25) is 0 Å². The van der Waals surface area contributed by atoms with Crippen molar-refractivity contribution in [2.45, 2.75) is 0 Å². The van der Waals surface area contributed by atoms with Gasteiger partial charge in [0.25, 0.3) is 0 Å². The first-order chi connectivity index (χ1) is 26.8. The molecular weight excluding hydrogens is 522 g/mol. The Morgan fingerprint density at radius 3 is 1.84 bits per heavy atom. The lowest BCUT2D eigenvalue weighted by Gasteiger charge is -2.18. The van der Waals surface area contributed by atoms with Gasteiger partial charge < -0.3 is 4.42 Å². The van der Waals surface area contributed by atoms with Crippen LogP contribution in [0.3, 0.4) is 0 Å². The molecule has 0 unspecified atom stereocenters. The van der Waals surface area contributed by atoms with Crippen LogP contribution in [0.5, 0.6) is 0 Å². The van der Waals surface area contributed by atoms with Crippen LogP contribution in [0.1, 0.15) is 17.8 Å². The van der Waals surface area contributed by atoms with E-state index in [1.807, 2.05) is 78.9 Å². The number of benzene rings is 7. The van der Waals surface area contributed by atoms with Gasteiger partial charge in [-0.05, 0) is 72.7 Å². The summed E-state index contributed by atoms with van der Waals surface area (Å²) in [6, 6.07) is 18.9. The van der Waals surface area contributed by atoms with E-state index < -0.39 is 84.0 Å². The molecule has 0 aliphatic heterocycles. The molecule has 0 aliphatic carbocycles. The highest BCUT2D eigenvalue weighted by atomic mass is 16.3. The van der Waals surface area contributed by atoms with Crippen molar-refractivity contribution in [3.05, 3.63) is 158 Å². The Hall–Kier alpha value is -5.73. The minimum atomic E-state index is -0.741. The van der Waals surface area contributed by atoms with Gasteiger partial charge in [-0.2, -0.15) is 4.57 Å². The van der Waals surface area contributed by atoms with E-state index in [4.69, 9.17) is 15.4 Å². The Kier molecular flexibility index (Phi) is 3.16. The summed E-state index contributed by atoms with van der Waals surface area (Å²) in [6.07, 6.45) is -1.42. The molecule has 9 aromatic rings. The lowest BCUT2D eigenvalue weighted by atomic mass is 9.85. The Morgan fingerprint density at radius 1 is 0.488 bits per heavy atom. The molecule has 2 nitrogen and oxygen atoms in total. The summed E-state index contributed by atoms with van der Waals surface area (Å²) in [5, 5.41) is 2.08. The molecule has 2 heterocycles. The fourth-order valence-corrected chi connectivity index (χ4v) is 5.79. The van der Waals surface area contributed by atoms with Crippen LogP contribution in [0.15, 0.2) is 162 Å². The van der Waals surface area contributed by atoms with Crippen molar-refractivity contribution in [3.63, 3.8) is 0 Å². The fourth-order valence-electron chi connectivity index (χ4n) is 5.79. The second kappa shape index (κ2) is 9.40. The van der Waals surface area contributed by atoms with Gasteiger partial charge in [0.05, 0.1) is 15.1 Å². The third-order valence-corrected chi connectivity index (χ3v) is 7.67. The Labute approximate surface area is 266 Å². The SMILES string of the molecule is [2H]c1c([2H])c([2H])c2c(oc3c([2H])[n+](-c4c([2H])c([2H])c5c([2H])c(-c6c7ccccc7c(-c7ccccc7)c7ccccc67)c([2H])c([2H])c5c4[2H])c([2H])c([2H])c32)c1[2H]. The van der Waals surface area contributed by atoms with Crippen molar-refractivity contribution in [3.8, 4) is 27.9 Å². The number of pyridine rings is 1. The van der Waals surface area contributed by atoms with Gasteiger partial charge in [0.2, 0.25) is 11.9 Å². The van der Waals surface area contributed by atoms with Crippen LogP contribution in [0.25, 0.3) is 82.2 Å². The number of hydrogen-bond donors (Lipinski definition) is 0. The highest BCUT2D eigenvalue weighted by Gasteiger charge is 2.17. The van der Waals surface area contributed by atoms with E-state index >= 15 is 0 Å². The quantitative estimate of drug-likeness (QED) is 0.155. The minimum Gasteiger partial charge on any atom is -0.450 e. The van der Waals surface area contributed by atoms with Gasteiger partial charge in [0.1, 0.15) is 8.32 Å². The molecule has 0 atom stereocenters. The third-order valence-electron chi connectivity index (χ3n) is 7.67. The molecule has 2 heteroatoms. The molecule has 0 fully saturated rings. The minimum absolute atomic E-state index is 0.0432. The molecule has 0 saturated carbocycles. The average Bonchev–Trinajstić information content (AvgIpc) is 3.62. The maximum Gasteiger partial charge on any atom is 0.218 e. The fraction of sp³-hybridized carbons (Fsp3) is 0. The number of fused-ring (bicyclic) bond motifs is 6. The second-order valence-corrected chi connectivity index (χ2v) is 10.1. The first-order valence-corrected chi connectivity index (χ1v) is 13.6. The van der Waals surface area contributed by atoms with Crippen molar-refractivity contribution in [2.75, 3.05) is 0 Å². The van der Waals surface area contributed by atoms with Crippen LogP contribution < -0.4 is 4.57 Å². The number of rotatable bonds is 3. The summed E-state index contributed by atoms with van der Waals surface area (Å²) in [5.41, 5.74) is 1.17. The van der Waals surface area contributed by atoms with Crippen LogP contribution in [0.4, 0.5) is 0 Å². The van der Waals surface area contributed by atoms with Crippen molar-refractivity contribution >= 4 is 54.3 Å². The molecule has 7 aromatic carbocycles. The van der Waals surface area contributed by atoms with Gasteiger partial charge in [0.15, 0.2) is 11.8 Å². The molecule has 0 saturated heterocycles. The lowest BCUT2D eigenvalue weighted by molar-refractivity contribution is -0.594. The van der Waals surface area contributed by atoms with E-state index in [0.29, 0.717) is 16.3 Å². The van der Waals surface area contributed by atoms with E-state index in [1.165, 1.54) is 0 Å². The second-order valence-electron chi connectivity index (χ2n) is 10.1. The van der Waals surface area contributed by atoms with Gasteiger partial charge in [-0.25, -0.2) is 0 Å². The van der Waals surface area contributed by atoms with Gasteiger partial charge in [0, 0.05) is 28.9 Å². The van der Waals surface area contributed by atoms with Gasteiger partial charge in [-0.1, -0.05) is 109 Å². The smallest absolute Gasteiger partial charge is 0.218 e. The van der Waals surface area contributed by atoms with E-state index in [-0.39, 0.29) is 38.7 Å². The number of hydrogen-bond acceptors (Lipinski definition) is 1. The molecule has 0 aliphatic rings. The summed E-state index contributed by atoms with van der Waals surface area (Å²) in [5.74, 6) is 0. The van der Waals surface area contributed by atoms with Crippen LogP contribution >= 0.6 is 0 Å². The van der Waals surface area contributed by atoms with E-state index in [2.05, 4.69) is 0 Å². The number of nitrogens with zero attached hydrogens (tertiary/aromatic N) is 1. The summed E-state index contributed by atoms with van der Waals surface area (Å²) in [4.78, 5) is 0. The highest BCUT2D eigenvalue weighted by Crippen LogP contribution is 2.44. The van der Waals surface area contributed by atoms with E-state index in [1.54, 1.807) is 0 Å². The van der Waals surface area contributed by atoms with Crippen molar-refractivity contribution in [1.29, 1.82) is 0 Å². The molecule has 0 spiro atoms. The monoisotopic (exact) mass is 561 g/mol. The molecule has 0 radical (unpaired) electrons. The summed E-state index contributed by atoms with van der Waals surface area (Å²) < 4.78 is 122. The highest BCUT2D eigenvalue weighted by molar-refractivity contribution is 6.21. The zero-order valence-corrected chi connectivity index (χ0v) is 22.4. The molecule has 0 N–H and O–H groups in total. The van der Waals surface area contributed by atoms with Crippen LogP contribution in [-0.4, -0.2) is 0 Å². The molecular formula is C41H26NO+. The predicted molar refractivity (Wildman–Crippen MR) is 179 cm³/mol. The normalized spacial score (nSPS) is 16.0. The van der Waals surface area contributed by atoms with Gasteiger partial charge in [-0.3, -0.25) is 0 Å². The largest absolute Gasteiger partial charge is 0.450 e. The number of aromatic nitrogens is 1. The number of furan rings is 1. The maximum absolute atomic E-state index is 9.57. The Bertz CT molecular complexity index is 3180. The first-order valence-electron chi connectivity index (χ1n) is 20.1. The maximum atomic E-state index is 9.57. The summed E-state index contributed by atoms with van der Waals surface area (Å²) in [6.45, 7) is 0. The zero-order valence-electron chi connectivity index (χ0n) is 35.4. The molecule has 9 rings (SSSR count). The average molecular weight is 562 g/mol. The predicted octanol–water partition coefficient (Wildman–Crippen LogP) is 10.7. The molecule has 0 bridgehead atoms. The van der Waals surface area contributed by atoms with Crippen LogP contribution in [-0.2, 0) is 0 Å². The lowest BCUT2D eigenvalue weighted by Crippen LogP contribution is -2.28. The zero-order chi connectivity index (χ0) is 39.6. The van der Waals surface area contributed by atoms with Crippen LogP contribution in [0, 0.1) is 0 Å². The van der Waals surface area contributed by atoms with Gasteiger partial charge in [-0.15, -0.1) is 0 Å². The Morgan fingerprint density at radius 2 is 1.09 bits per heavy atom. The molecule has 43 heavy (non-hydrogen) atoms. The number of para-hydroxylation sites is 1. The molecule has 2 aromatic heterocycles. The Balaban J connectivity index is 1.38. The standard InChI is InChI=1S/C41H26NO/c1-2-10-27(11-3-1)40-34-13-4-6-15-36(34)41(37-16-7-5-14-35(37)40)30-19-18-29-25-31(21-20-28(29)24-30)42-23-22-33-32-12-8-9-17-38(32)43-39(33)26-42/h1-26H/q+1/i8D,9D,12D,17D,18D,19D,20D,21D,22D,23D,24D,25D,26D. The first kappa shape index (κ1) is 14.4. The van der Waals surface area contributed by atoms with E-state index in [0.717, 1.165) is 26.5 Å². The van der Waals surface area contributed by atoms with Crippen molar-refractivity contribution < 1.29 is 26.8 Å².